The molecule has 186 valence electrons. The van der Waals surface area contributed by atoms with Gasteiger partial charge >= 0.3 is 5.97 Å². The fraction of sp³-hybridized carbons (Fsp3) is 0.138. The van der Waals surface area contributed by atoms with Crippen molar-refractivity contribution in [3.63, 3.8) is 0 Å². The zero-order chi connectivity index (χ0) is 25.9. The maximum atomic E-state index is 13.9. The summed E-state index contributed by atoms with van der Waals surface area (Å²) in [5.41, 5.74) is 2.59. The van der Waals surface area contributed by atoms with Crippen LogP contribution in [0.3, 0.4) is 0 Å². The Balaban J connectivity index is 1.80. The Bertz CT molecular complexity index is 1660. The first-order chi connectivity index (χ1) is 18.0. The summed E-state index contributed by atoms with van der Waals surface area (Å²) in [6.45, 7) is 1.89. The Morgan fingerprint density at radius 1 is 1.08 bits per heavy atom. The third-order valence-corrected chi connectivity index (χ3v) is 7.70. The van der Waals surface area contributed by atoms with Crippen LogP contribution in [0.1, 0.15) is 29.7 Å². The number of hydrogen-bond donors (Lipinski definition) is 0. The van der Waals surface area contributed by atoms with Crippen molar-refractivity contribution in [2.75, 3.05) is 12.9 Å². The number of rotatable bonds is 6. The van der Waals surface area contributed by atoms with Gasteiger partial charge in [0, 0.05) is 10.5 Å². The molecule has 3 aromatic carbocycles. The highest BCUT2D eigenvalue weighted by molar-refractivity contribution is 7.98. The first-order valence-corrected chi connectivity index (χ1v) is 13.7. The number of carbonyl (C=O) groups is 1. The Kier molecular flexibility index (Phi) is 7.21. The Hall–Kier alpha value is -3.75. The van der Waals surface area contributed by atoms with Crippen molar-refractivity contribution in [1.82, 2.24) is 4.57 Å². The average molecular weight is 531 g/mol. The van der Waals surface area contributed by atoms with Gasteiger partial charge in [-0.25, -0.2) is 14.2 Å². The average Bonchev–Trinajstić information content (AvgIpc) is 3.23. The van der Waals surface area contributed by atoms with Gasteiger partial charge in [0.1, 0.15) is 5.82 Å². The van der Waals surface area contributed by atoms with Crippen LogP contribution in [0.25, 0.3) is 11.8 Å². The zero-order valence-corrected chi connectivity index (χ0v) is 21.8. The molecule has 37 heavy (non-hydrogen) atoms. The molecule has 5 nitrogen and oxygen atoms in total. The number of nitrogens with zero attached hydrogens (tertiary/aromatic N) is 2. The molecule has 0 saturated carbocycles. The molecule has 0 bridgehead atoms. The predicted octanol–water partition coefficient (Wildman–Crippen LogP) is 4.80. The SMILES string of the molecule is CCOC(=O)C1=C(c2ccccc2)N=c2s/c(=C\c3ccc(SC)cc3)c(=O)n2[C@@H]1c1ccc(F)cc1. The van der Waals surface area contributed by atoms with Crippen LogP contribution in [0.15, 0.2) is 99.1 Å². The van der Waals surface area contributed by atoms with E-state index in [1.54, 1.807) is 30.8 Å². The molecular weight excluding hydrogens is 507 g/mol. The summed E-state index contributed by atoms with van der Waals surface area (Å²) in [6.07, 6.45) is 3.83. The van der Waals surface area contributed by atoms with E-state index < -0.39 is 17.8 Å². The largest absolute Gasteiger partial charge is 0.463 e. The van der Waals surface area contributed by atoms with Crippen LogP contribution in [0.2, 0.25) is 0 Å². The van der Waals surface area contributed by atoms with Crippen LogP contribution >= 0.6 is 23.1 Å². The van der Waals surface area contributed by atoms with Crippen molar-refractivity contribution in [3.05, 3.63) is 127 Å². The van der Waals surface area contributed by atoms with E-state index in [1.807, 2.05) is 66.9 Å². The predicted molar refractivity (Wildman–Crippen MR) is 146 cm³/mol. The van der Waals surface area contributed by atoms with E-state index in [9.17, 15) is 14.0 Å². The zero-order valence-electron chi connectivity index (χ0n) is 20.2. The number of aromatic nitrogens is 1. The van der Waals surface area contributed by atoms with Crippen molar-refractivity contribution in [2.45, 2.75) is 17.9 Å². The van der Waals surface area contributed by atoms with Crippen LogP contribution in [0.4, 0.5) is 4.39 Å². The van der Waals surface area contributed by atoms with E-state index in [0.717, 1.165) is 16.0 Å². The van der Waals surface area contributed by atoms with Crippen LogP contribution in [-0.2, 0) is 9.53 Å². The fourth-order valence-corrected chi connectivity index (χ4v) is 5.66. The van der Waals surface area contributed by atoms with Gasteiger partial charge in [-0.2, -0.15) is 0 Å². The van der Waals surface area contributed by atoms with E-state index in [1.165, 1.54) is 28.0 Å². The highest BCUT2D eigenvalue weighted by atomic mass is 32.2. The Morgan fingerprint density at radius 2 is 1.78 bits per heavy atom. The number of thioether (sulfide) groups is 1. The summed E-state index contributed by atoms with van der Waals surface area (Å²) in [5, 5.41) is 0. The van der Waals surface area contributed by atoms with Gasteiger partial charge in [-0.3, -0.25) is 9.36 Å². The van der Waals surface area contributed by atoms with Gasteiger partial charge < -0.3 is 4.74 Å². The van der Waals surface area contributed by atoms with Crippen molar-refractivity contribution in [3.8, 4) is 0 Å². The maximum Gasteiger partial charge on any atom is 0.338 e. The molecule has 1 aromatic heterocycles. The lowest BCUT2D eigenvalue weighted by Crippen LogP contribution is -2.40. The number of halogens is 1. The van der Waals surface area contributed by atoms with Crippen LogP contribution < -0.4 is 14.9 Å². The molecule has 4 aromatic rings. The lowest BCUT2D eigenvalue weighted by Gasteiger charge is -2.25. The smallest absolute Gasteiger partial charge is 0.338 e. The minimum absolute atomic E-state index is 0.164. The molecule has 5 rings (SSSR count). The number of thiazole rings is 1. The fourth-order valence-electron chi connectivity index (χ4n) is 4.25. The summed E-state index contributed by atoms with van der Waals surface area (Å²) >= 11 is 2.90. The molecule has 0 amide bonds. The molecule has 0 aliphatic carbocycles. The number of hydrogen-bond acceptors (Lipinski definition) is 6. The summed E-state index contributed by atoms with van der Waals surface area (Å²) < 4.78 is 21.3. The second-order valence-electron chi connectivity index (χ2n) is 8.26. The number of benzene rings is 3. The van der Waals surface area contributed by atoms with Gasteiger partial charge in [-0.05, 0) is 54.6 Å². The highest BCUT2D eigenvalue weighted by Gasteiger charge is 2.35. The van der Waals surface area contributed by atoms with Crippen LogP contribution in [0.5, 0.6) is 0 Å². The molecule has 1 aliphatic heterocycles. The molecule has 0 spiro atoms. The third-order valence-electron chi connectivity index (χ3n) is 5.97. The van der Waals surface area contributed by atoms with Gasteiger partial charge in [0.2, 0.25) is 0 Å². The standard InChI is InChI=1S/C29H23FN2O3S2/c1-3-35-28(34)24-25(19-7-5-4-6-8-19)31-29-32(26(24)20-11-13-21(30)14-12-20)27(33)23(37-29)17-18-9-15-22(36-2)16-10-18/h4-17,26H,3H2,1-2H3/b23-17-/t26-/m1/s1. The first-order valence-electron chi connectivity index (χ1n) is 11.7. The molecular formula is C29H23FN2O3S2. The Morgan fingerprint density at radius 3 is 2.43 bits per heavy atom. The number of ether oxygens (including phenoxy) is 1. The quantitative estimate of drug-likeness (QED) is 0.266. The molecule has 8 heteroatoms. The molecule has 0 unspecified atom stereocenters. The molecule has 1 atom stereocenters. The molecule has 1 aliphatic rings. The van der Waals surface area contributed by atoms with Crippen molar-refractivity contribution in [2.24, 2.45) is 4.99 Å². The molecule has 2 heterocycles. The van der Waals surface area contributed by atoms with Crippen LogP contribution in [0, 0.1) is 5.82 Å². The lowest BCUT2D eigenvalue weighted by molar-refractivity contribution is -0.138. The summed E-state index contributed by atoms with van der Waals surface area (Å²) in [6, 6.07) is 22.2. The van der Waals surface area contributed by atoms with Gasteiger partial charge in [0.15, 0.2) is 4.80 Å². The van der Waals surface area contributed by atoms with Gasteiger partial charge in [0.25, 0.3) is 5.56 Å². The van der Waals surface area contributed by atoms with E-state index in [0.29, 0.717) is 20.6 Å². The highest BCUT2D eigenvalue weighted by Crippen LogP contribution is 2.35. The number of fused-ring (bicyclic) bond motifs is 1. The Labute approximate surface area is 221 Å². The summed E-state index contributed by atoms with van der Waals surface area (Å²) in [4.78, 5) is 33.6. The minimum Gasteiger partial charge on any atom is -0.463 e. The monoisotopic (exact) mass is 530 g/mol. The molecule has 0 fully saturated rings. The van der Waals surface area contributed by atoms with E-state index >= 15 is 0 Å². The first kappa shape index (κ1) is 24.9. The second kappa shape index (κ2) is 10.7. The van der Waals surface area contributed by atoms with Crippen molar-refractivity contribution in [1.29, 1.82) is 0 Å². The van der Waals surface area contributed by atoms with E-state index in [4.69, 9.17) is 9.73 Å². The third kappa shape index (κ3) is 4.95. The van der Waals surface area contributed by atoms with Gasteiger partial charge in [-0.1, -0.05) is 65.9 Å². The number of carbonyl (C=O) groups excluding carboxylic acids is 1. The maximum absolute atomic E-state index is 13.9. The lowest BCUT2D eigenvalue weighted by atomic mass is 9.93. The van der Waals surface area contributed by atoms with Crippen LogP contribution in [-0.4, -0.2) is 23.4 Å². The number of esters is 1. The molecule has 0 N–H and O–H groups in total. The van der Waals surface area contributed by atoms with E-state index in [-0.39, 0.29) is 17.7 Å². The summed E-state index contributed by atoms with van der Waals surface area (Å²) in [5.74, 6) is -0.976. The minimum atomic E-state index is -0.827. The molecule has 0 radical (unpaired) electrons. The van der Waals surface area contributed by atoms with Crippen molar-refractivity contribution >= 4 is 40.8 Å². The van der Waals surface area contributed by atoms with Gasteiger partial charge in [-0.15, -0.1) is 11.8 Å². The van der Waals surface area contributed by atoms with E-state index in [2.05, 4.69) is 0 Å². The summed E-state index contributed by atoms with van der Waals surface area (Å²) in [7, 11) is 0. The molecule has 0 saturated heterocycles. The topological polar surface area (TPSA) is 60.7 Å². The normalized spacial score (nSPS) is 15.3. The van der Waals surface area contributed by atoms with Crippen molar-refractivity contribution < 1.29 is 13.9 Å². The second-order valence-corrected chi connectivity index (χ2v) is 10.1. The van der Waals surface area contributed by atoms with Gasteiger partial charge in [0.05, 0.1) is 28.5 Å².